The molecule has 124 valence electrons. The number of imidazole rings is 1. The molecule has 0 bridgehead atoms. The summed E-state index contributed by atoms with van der Waals surface area (Å²) in [5, 5.41) is 0.0142. The molecule has 0 unspecified atom stereocenters. The monoisotopic (exact) mass is 338 g/mol. The smallest absolute Gasteiger partial charge is 0.356 e. The van der Waals surface area contributed by atoms with Crippen molar-refractivity contribution in [2.45, 2.75) is 31.3 Å². The van der Waals surface area contributed by atoms with Crippen LogP contribution in [-0.2, 0) is 21.3 Å². The van der Waals surface area contributed by atoms with Crippen LogP contribution in [0.5, 0.6) is 0 Å². The molecule has 0 saturated heterocycles. The van der Waals surface area contributed by atoms with Gasteiger partial charge in [0.25, 0.3) is 10.0 Å². The van der Waals surface area contributed by atoms with E-state index in [4.69, 9.17) is 0 Å². The minimum absolute atomic E-state index is 0.0142. The molecule has 2 rings (SSSR count). The van der Waals surface area contributed by atoms with Gasteiger partial charge in [0, 0.05) is 18.7 Å². The fourth-order valence-electron chi connectivity index (χ4n) is 1.76. The Labute approximate surface area is 134 Å². The fourth-order valence-corrected chi connectivity index (χ4v) is 2.70. The van der Waals surface area contributed by atoms with Gasteiger partial charge in [-0.25, -0.2) is 27.9 Å². The lowest BCUT2D eigenvalue weighted by atomic mass is 10.2. The van der Waals surface area contributed by atoms with Crippen LogP contribution in [0.3, 0.4) is 0 Å². The van der Waals surface area contributed by atoms with Gasteiger partial charge in [-0.3, -0.25) is 0 Å². The number of ether oxygens (including phenoxy) is 1. The summed E-state index contributed by atoms with van der Waals surface area (Å²) >= 11 is 0. The van der Waals surface area contributed by atoms with E-state index in [-0.39, 0.29) is 23.2 Å². The van der Waals surface area contributed by atoms with E-state index in [1.54, 1.807) is 6.07 Å². The Morgan fingerprint density at radius 1 is 1.30 bits per heavy atom. The quantitative estimate of drug-likeness (QED) is 0.765. The average Bonchev–Trinajstić information content (AvgIpc) is 3.04. The summed E-state index contributed by atoms with van der Waals surface area (Å²) < 4.78 is 31.4. The zero-order chi connectivity index (χ0) is 17.0. The van der Waals surface area contributed by atoms with E-state index < -0.39 is 16.0 Å². The number of sulfonamides is 1. The van der Waals surface area contributed by atoms with Gasteiger partial charge in [-0.2, -0.15) is 0 Å². The van der Waals surface area contributed by atoms with Crippen molar-refractivity contribution in [3.8, 4) is 0 Å². The highest BCUT2D eigenvalue weighted by atomic mass is 32.2. The van der Waals surface area contributed by atoms with E-state index >= 15 is 0 Å². The molecule has 0 amide bonds. The van der Waals surface area contributed by atoms with Crippen molar-refractivity contribution in [2.24, 2.45) is 0 Å². The number of pyridine rings is 1. The molecule has 8 nitrogen and oxygen atoms in total. The van der Waals surface area contributed by atoms with Crippen LogP contribution >= 0.6 is 0 Å². The molecule has 0 aromatic carbocycles. The van der Waals surface area contributed by atoms with Crippen molar-refractivity contribution in [2.75, 3.05) is 7.11 Å². The number of aromatic amines is 1. The van der Waals surface area contributed by atoms with Gasteiger partial charge in [-0.05, 0) is 11.6 Å². The number of aromatic nitrogens is 3. The maximum atomic E-state index is 12.2. The molecule has 0 aliphatic carbocycles. The Balaban J connectivity index is 2.05. The van der Waals surface area contributed by atoms with E-state index in [0.717, 1.165) is 0 Å². The van der Waals surface area contributed by atoms with Gasteiger partial charge in [-0.1, -0.05) is 19.9 Å². The van der Waals surface area contributed by atoms with Crippen molar-refractivity contribution in [3.05, 3.63) is 41.6 Å². The van der Waals surface area contributed by atoms with Crippen LogP contribution in [0.1, 0.15) is 41.6 Å². The molecule has 0 aliphatic heterocycles. The number of carbonyl (C=O) groups excluding carboxylic acids is 1. The van der Waals surface area contributed by atoms with E-state index in [1.807, 2.05) is 13.8 Å². The van der Waals surface area contributed by atoms with Crippen LogP contribution in [0.15, 0.2) is 29.6 Å². The summed E-state index contributed by atoms with van der Waals surface area (Å²) in [5.74, 6) is 0.166. The van der Waals surface area contributed by atoms with Crippen molar-refractivity contribution in [3.63, 3.8) is 0 Å². The van der Waals surface area contributed by atoms with Crippen LogP contribution in [-0.4, -0.2) is 36.4 Å². The van der Waals surface area contributed by atoms with Gasteiger partial charge in [-0.15, -0.1) is 0 Å². The molecule has 2 aromatic heterocycles. The number of rotatable bonds is 6. The number of carbonyl (C=O) groups is 1. The first-order valence-electron chi connectivity index (χ1n) is 6.91. The lowest BCUT2D eigenvalue weighted by Crippen LogP contribution is -2.23. The van der Waals surface area contributed by atoms with Crippen LogP contribution in [0, 0.1) is 0 Å². The standard InChI is InChI=1S/C14H18N4O4S/c1-9(2)13-16-8-12(18-13)23(20,21)17-7-10-4-5-11(15-6-10)14(19)22-3/h4-6,8-9,17H,7H2,1-3H3,(H,16,18). The first kappa shape index (κ1) is 17.1. The van der Waals surface area contributed by atoms with Gasteiger partial charge in [0.05, 0.1) is 13.3 Å². The largest absolute Gasteiger partial charge is 0.464 e. The Morgan fingerprint density at radius 3 is 2.57 bits per heavy atom. The topological polar surface area (TPSA) is 114 Å². The third-order valence-electron chi connectivity index (χ3n) is 3.09. The Kier molecular flexibility index (Phi) is 5.12. The minimum atomic E-state index is -3.69. The number of hydrogen-bond acceptors (Lipinski definition) is 6. The Morgan fingerprint density at radius 2 is 2.04 bits per heavy atom. The summed E-state index contributed by atoms with van der Waals surface area (Å²) in [6.07, 6.45) is 2.71. The van der Waals surface area contributed by atoms with Crippen LogP contribution in [0.4, 0.5) is 0 Å². The highest BCUT2D eigenvalue weighted by Gasteiger charge is 2.18. The zero-order valence-electron chi connectivity index (χ0n) is 13.0. The van der Waals surface area contributed by atoms with Gasteiger partial charge in [0.15, 0.2) is 5.03 Å². The Hall–Kier alpha value is -2.26. The fraction of sp³-hybridized carbons (Fsp3) is 0.357. The molecule has 0 fully saturated rings. The number of hydrogen-bond donors (Lipinski definition) is 2. The SMILES string of the molecule is COC(=O)c1ccc(CNS(=O)(=O)c2cnc(C(C)C)[nH]2)cn1. The highest BCUT2D eigenvalue weighted by Crippen LogP contribution is 2.13. The summed E-state index contributed by atoms with van der Waals surface area (Å²) in [4.78, 5) is 22.0. The molecule has 0 spiro atoms. The molecule has 0 saturated carbocycles. The second kappa shape index (κ2) is 6.88. The van der Waals surface area contributed by atoms with Gasteiger partial charge in [0.1, 0.15) is 11.5 Å². The number of nitrogens with one attached hydrogen (secondary N) is 2. The molecular weight excluding hydrogens is 320 g/mol. The van der Waals surface area contributed by atoms with Crippen LogP contribution in [0.25, 0.3) is 0 Å². The van der Waals surface area contributed by atoms with E-state index in [2.05, 4.69) is 24.4 Å². The zero-order valence-corrected chi connectivity index (χ0v) is 13.8. The predicted molar refractivity (Wildman–Crippen MR) is 82.3 cm³/mol. The maximum Gasteiger partial charge on any atom is 0.356 e. The molecule has 0 radical (unpaired) electrons. The van der Waals surface area contributed by atoms with E-state index in [1.165, 1.54) is 25.6 Å². The number of nitrogens with zero attached hydrogens (tertiary/aromatic N) is 2. The van der Waals surface area contributed by atoms with Crippen molar-refractivity contribution < 1.29 is 17.9 Å². The third-order valence-corrected chi connectivity index (χ3v) is 4.41. The van der Waals surface area contributed by atoms with Crippen LogP contribution < -0.4 is 4.72 Å². The van der Waals surface area contributed by atoms with Gasteiger partial charge < -0.3 is 9.72 Å². The normalized spacial score (nSPS) is 11.7. The molecule has 23 heavy (non-hydrogen) atoms. The first-order valence-corrected chi connectivity index (χ1v) is 8.39. The highest BCUT2D eigenvalue weighted by molar-refractivity contribution is 7.89. The maximum absolute atomic E-state index is 12.2. The van der Waals surface area contributed by atoms with Crippen molar-refractivity contribution in [1.29, 1.82) is 0 Å². The summed E-state index contributed by atoms with van der Waals surface area (Å²) in [6, 6.07) is 3.08. The lowest BCUT2D eigenvalue weighted by molar-refractivity contribution is 0.0594. The van der Waals surface area contributed by atoms with Crippen molar-refractivity contribution >= 4 is 16.0 Å². The number of H-pyrrole nitrogens is 1. The lowest BCUT2D eigenvalue weighted by Gasteiger charge is -2.05. The third kappa shape index (κ3) is 4.14. The van der Waals surface area contributed by atoms with E-state index in [9.17, 15) is 13.2 Å². The average molecular weight is 338 g/mol. The van der Waals surface area contributed by atoms with Gasteiger partial charge in [0.2, 0.25) is 0 Å². The molecule has 2 aromatic rings. The minimum Gasteiger partial charge on any atom is -0.464 e. The molecule has 0 atom stereocenters. The van der Waals surface area contributed by atoms with Gasteiger partial charge >= 0.3 is 5.97 Å². The second-order valence-corrected chi connectivity index (χ2v) is 6.89. The Bertz CT molecular complexity index is 781. The summed E-state index contributed by atoms with van der Waals surface area (Å²) in [7, 11) is -2.42. The molecular formula is C14H18N4O4S. The van der Waals surface area contributed by atoms with E-state index in [0.29, 0.717) is 11.4 Å². The molecule has 9 heteroatoms. The number of esters is 1. The van der Waals surface area contributed by atoms with Crippen LogP contribution in [0.2, 0.25) is 0 Å². The summed E-state index contributed by atoms with van der Waals surface area (Å²) in [6.45, 7) is 3.88. The molecule has 2 N–H and O–H groups in total. The summed E-state index contributed by atoms with van der Waals surface area (Å²) in [5.41, 5.74) is 0.777. The van der Waals surface area contributed by atoms with Crippen molar-refractivity contribution in [1.82, 2.24) is 19.7 Å². The first-order chi connectivity index (χ1) is 10.8. The molecule has 0 aliphatic rings. The second-order valence-electron chi connectivity index (χ2n) is 5.16. The molecule has 2 heterocycles. The predicted octanol–water partition coefficient (Wildman–Crippen LogP) is 1.19. The number of methoxy groups -OCH3 is 1.